The third kappa shape index (κ3) is 3.96. The zero-order valence-corrected chi connectivity index (χ0v) is 15.8. The number of esters is 1. The second-order valence-electron chi connectivity index (χ2n) is 7.14. The Hall–Kier alpha value is -3.02. The number of ether oxygens (including phenoxy) is 3. The first-order valence-corrected chi connectivity index (χ1v) is 9.59. The van der Waals surface area contributed by atoms with Gasteiger partial charge in [0, 0.05) is 6.54 Å². The normalized spacial score (nSPS) is 15.5. The van der Waals surface area contributed by atoms with E-state index in [-0.39, 0.29) is 12.7 Å². The van der Waals surface area contributed by atoms with Crippen molar-refractivity contribution in [3.8, 4) is 11.5 Å². The lowest BCUT2D eigenvalue weighted by atomic mass is 9.90. The zero-order chi connectivity index (χ0) is 19.5. The van der Waals surface area contributed by atoms with E-state index in [1.54, 1.807) is 13.0 Å². The Bertz CT molecular complexity index is 908. The smallest absolute Gasteiger partial charge is 0.338 e. The van der Waals surface area contributed by atoms with Crippen LogP contribution in [-0.4, -0.2) is 24.8 Å². The Morgan fingerprint density at radius 2 is 1.82 bits per heavy atom. The molecule has 2 aromatic carbocycles. The van der Waals surface area contributed by atoms with Crippen molar-refractivity contribution >= 4 is 11.9 Å². The predicted octanol–water partition coefficient (Wildman–Crippen LogP) is 3.16. The average molecular weight is 381 g/mol. The number of nitrogens with one attached hydrogen (secondary N) is 1. The number of hydrogen-bond acceptors (Lipinski definition) is 5. The van der Waals surface area contributed by atoms with Crippen LogP contribution in [0.5, 0.6) is 11.5 Å². The van der Waals surface area contributed by atoms with Gasteiger partial charge in [-0.25, -0.2) is 4.79 Å². The molecule has 6 heteroatoms. The Morgan fingerprint density at radius 1 is 1.04 bits per heavy atom. The standard InChI is InChI=1S/C22H23NO5/c1-14(21(24)23-12-15-6-9-19-20(10-15)27-13-26-19)28-22(25)18-8-7-16-4-2-3-5-17(16)11-18/h6-11,14H,2-5,12-13H2,1H3,(H,23,24)/t14-/m0/s1. The highest BCUT2D eigenvalue weighted by atomic mass is 16.7. The number of hydrogen-bond donors (Lipinski definition) is 1. The molecular formula is C22H23NO5. The van der Waals surface area contributed by atoms with Crippen molar-refractivity contribution in [2.45, 2.75) is 45.3 Å². The molecule has 2 aromatic rings. The Balaban J connectivity index is 1.32. The van der Waals surface area contributed by atoms with E-state index in [4.69, 9.17) is 14.2 Å². The monoisotopic (exact) mass is 381 g/mol. The second-order valence-corrected chi connectivity index (χ2v) is 7.14. The van der Waals surface area contributed by atoms with Crippen LogP contribution in [0.1, 0.15) is 46.8 Å². The van der Waals surface area contributed by atoms with E-state index in [0.29, 0.717) is 23.6 Å². The lowest BCUT2D eigenvalue weighted by Crippen LogP contribution is -2.35. The molecule has 28 heavy (non-hydrogen) atoms. The van der Waals surface area contributed by atoms with E-state index >= 15 is 0 Å². The number of carbonyl (C=O) groups is 2. The fourth-order valence-corrected chi connectivity index (χ4v) is 3.53. The topological polar surface area (TPSA) is 73.9 Å². The van der Waals surface area contributed by atoms with E-state index in [1.165, 1.54) is 17.5 Å². The first-order chi connectivity index (χ1) is 13.6. The summed E-state index contributed by atoms with van der Waals surface area (Å²) in [5.74, 6) is 0.545. The van der Waals surface area contributed by atoms with Crippen molar-refractivity contribution < 1.29 is 23.8 Å². The summed E-state index contributed by atoms with van der Waals surface area (Å²) in [4.78, 5) is 24.7. The van der Waals surface area contributed by atoms with Gasteiger partial charge in [0.2, 0.25) is 6.79 Å². The predicted molar refractivity (Wildman–Crippen MR) is 102 cm³/mol. The lowest BCUT2D eigenvalue weighted by molar-refractivity contribution is -0.129. The molecule has 0 saturated carbocycles. The number of amides is 1. The molecular weight excluding hydrogens is 358 g/mol. The molecule has 2 aliphatic rings. The number of carbonyl (C=O) groups excluding carboxylic acids is 2. The maximum absolute atomic E-state index is 12.4. The molecule has 6 nitrogen and oxygen atoms in total. The third-order valence-electron chi connectivity index (χ3n) is 5.14. The molecule has 0 unspecified atom stereocenters. The Morgan fingerprint density at radius 3 is 2.68 bits per heavy atom. The van der Waals surface area contributed by atoms with Gasteiger partial charge in [0.15, 0.2) is 17.6 Å². The number of aryl methyl sites for hydroxylation is 2. The first-order valence-electron chi connectivity index (χ1n) is 9.59. The molecule has 1 aliphatic carbocycles. The van der Waals surface area contributed by atoms with E-state index in [9.17, 15) is 9.59 Å². The number of fused-ring (bicyclic) bond motifs is 2. The highest BCUT2D eigenvalue weighted by molar-refractivity contribution is 5.92. The molecule has 1 amide bonds. The summed E-state index contributed by atoms with van der Waals surface area (Å²) >= 11 is 0. The summed E-state index contributed by atoms with van der Waals surface area (Å²) in [6.07, 6.45) is 3.50. The Kier molecular flexibility index (Phi) is 5.19. The maximum atomic E-state index is 12.4. The minimum absolute atomic E-state index is 0.209. The summed E-state index contributed by atoms with van der Waals surface area (Å²) in [5.41, 5.74) is 3.89. The molecule has 1 N–H and O–H groups in total. The average Bonchev–Trinajstić information content (AvgIpc) is 3.19. The zero-order valence-electron chi connectivity index (χ0n) is 15.8. The van der Waals surface area contributed by atoms with Crippen LogP contribution in [0, 0.1) is 0 Å². The van der Waals surface area contributed by atoms with Crippen molar-refractivity contribution in [3.05, 3.63) is 58.7 Å². The molecule has 4 rings (SSSR count). The third-order valence-corrected chi connectivity index (χ3v) is 5.14. The summed E-state index contributed by atoms with van der Waals surface area (Å²) in [6, 6.07) is 11.2. The van der Waals surface area contributed by atoms with Gasteiger partial charge in [-0.3, -0.25) is 4.79 Å². The molecule has 1 aliphatic heterocycles. The van der Waals surface area contributed by atoms with E-state index < -0.39 is 12.1 Å². The minimum Gasteiger partial charge on any atom is -0.454 e. The van der Waals surface area contributed by atoms with Gasteiger partial charge < -0.3 is 19.5 Å². The van der Waals surface area contributed by atoms with Crippen LogP contribution >= 0.6 is 0 Å². The van der Waals surface area contributed by atoms with Crippen molar-refractivity contribution in [3.63, 3.8) is 0 Å². The van der Waals surface area contributed by atoms with Crippen molar-refractivity contribution in [2.24, 2.45) is 0 Å². The van der Waals surface area contributed by atoms with Crippen LogP contribution in [0.4, 0.5) is 0 Å². The van der Waals surface area contributed by atoms with Crippen LogP contribution in [-0.2, 0) is 28.9 Å². The SMILES string of the molecule is C[C@H](OC(=O)c1ccc2c(c1)CCCC2)C(=O)NCc1ccc2c(c1)OCO2. The van der Waals surface area contributed by atoms with Crippen LogP contribution in [0.2, 0.25) is 0 Å². The molecule has 0 radical (unpaired) electrons. The highest BCUT2D eigenvalue weighted by Crippen LogP contribution is 2.32. The van der Waals surface area contributed by atoms with Gasteiger partial charge in [-0.2, -0.15) is 0 Å². The summed E-state index contributed by atoms with van der Waals surface area (Å²) in [6.45, 7) is 2.10. The lowest BCUT2D eigenvalue weighted by Gasteiger charge is -2.17. The van der Waals surface area contributed by atoms with Gasteiger partial charge in [-0.1, -0.05) is 12.1 Å². The van der Waals surface area contributed by atoms with Gasteiger partial charge >= 0.3 is 5.97 Å². The molecule has 146 valence electrons. The van der Waals surface area contributed by atoms with Crippen molar-refractivity contribution in [1.29, 1.82) is 0 Å². The van der Waals surface area contributed by atoms with E-state index in [0.717, 1.165) is 24.8 Å². The van der Waals surface area contributed by atoms with Crippen LogP contribution in [0.25, 0.3) is 0 Å². The molecule has 0 fully saturated rings. The van der Waals surface area contributed by atoms with Gasteiger partial charge in [0.1, 0.15) is 0 Å². The van der Waals surface area contributed by atoms with Crippen LogP contribution in [0.3, 0.4) is 0 Å². The van der Waals surface area contributed by atoms with Crippen molar-refractivity contribution in [2.75, 3.05) is 6.79 Å². The molecule has 0 spiro atoms. The van der Waals surface area contributed by atoms with Crippen LogP contribution < -0.4 is 14.8 Å². The fraction of sp³-hybridized carbons (Fsp3) is 0.364. The molecule has 0 aromatic heterocycles. The van der Waals surface area contributed by atoms with Crippen molar-refractivity contribution in [1.82, 2.24) is 5.32 Å². The highest BCUT2D eigenvalue weighted by Gasteiger charge is 2.20. The maximum Gasteiger partial charge on any atom is 0.338 e. The molecule has 1 atom stereocenters. The summed E-state index contributed by atoms with van der Waals surface area (Å²) in [5, 5.41) is 2.78. The quantitative estimate of drug-likeness (QED) is 0.806. The second kappa shape index (κ2) is 7.92. The van der Waals surface area contributed by atoms with E-state index in [1.807, 2.05) is 30.3 Å². The van der Waals surface area contributed by atoms with Gasteiger partial charge in [0.05, 0.1) is 5.56 Å². The Labute approximate surface area is 163 Å². The molecule has 1 heterocycles. The van der Waals surface area contributed by atoms with E-state index in [2.05, 4.69) is 5.32 Å². The van der Waals surface area contributed by atoms with Gasteiger partial charge in [-0.15, -0.1) is 0 Å². The fourth-order valence-electron chi connectivity index (χ4n) is 3.53. The minimum atomic E-state index is -0.877. The molecule has 0 saturated heterocycles. The number of rotatable bonds is 5. The first kappa shape index (κ1) is 18.3. The molecule has 0 bridgehead atoms. The largest absolute Gasteiger partial charge is 0.454 e. The van der Waals surface area contributed by atoms with Gasteiger partial charge in [0.25, 0.3) is 5.91 Å². The van der Waals surface area contributed by atoms with Gasteiger partial charge in [-0.05, 0) is 73.6 Å². The van der Waals surface area contributed by atoms with Crippen LogP contribution in [0.15, 0.2) is 36.4 Å². The summed E-state index contributed by atoms with van der Waals surface area (Å²) < 4.78 is 16.0. The number of benzene rings is 2. The summed E-state index contributed by atoms with van der Waals surface area (Å²) in [7, 11) is 0.